The van der Waals surface area contributed by atoms with Crippen LogP contribution in [0.25, 0.3) is 5.52 Å². The molecule has 1 aromatic carbocycles. The maximum atomic E-state index is 14.5. The van der Waals surface area contributed by atoms with Crippen molar-refractivity contribution in [1.29, 1.82) is 0 Å². The number of carbonyl (C=O) groups is 1. The first-order valence-corrected chi connectivity index (χ1v) is 11.7. The van der Waals surface area contributed by atoms with Gasteiger partial charge in [-0.1, -0.05) is 18.2 Å². The van der Waals surface area contributed by atoms with Crippen LogP contribution in [0, 0.1) is 17.2 Å². The summed E-state index contributed by atoms with van der Waals surface area (Å²) in [5.41, 5.74) is 2.05. The highest BCUT2D eigenvalue weighted by molar-refractivity contribution is 5.83. The Bertz CT molecular complexity index is 1110. The minimum Gasteiger partial charge on any atom is -0.381 e. The number of benzene rings is 1. The van der Waals surface area contributed by atoms with E-state index in [-0.39, 0.29) is 17.6 Å². The highest BCUT2D eigenvalue weighted by Gasteiger charge is 2.43. The van der Waals surface area contributed by atoms with Gasteiger partial charge in [-0.05, 0) is 49.4 Å². The highest BCUT2D eigenvalue weighted by Crippen LogP contribution is 2.37. The lowest BCUT2D eigenvalue weighted by atomic mass is 9.73. The van der Waals surface area contributed by atoms with E-state index in [0.29, 0.717) is 64.3 Å². The van der Waals surface area contributed by atoms with Crippen molar-refractivity contribution in [2.24, 2.45) is 11.3 Å². The van der Waals surface area contributed by atoms with E-state index in [0.717, 1.165) is 17.6 Å². The normalized spacial score (nSPS) is 21.1. The molecule has 3 aromatic rings. The van der Waals surface area contributed by atoms with E-state index < -0.39 is 5.41 Å². The molecular weight excluding hydrogens is 421 g/mol. The predicted molar refractivity (Wildman–Crippen MR) is 122 cm³/mol. The molecule has 2 fully saturated rings. The SMILES string of the molecule is O=C(N1CCOCC(Cc2nccn3cccc23)C1)C1(Cc2ccccc2F)CCOCC1. The molecular formula is C26H30FN3O3. The van der Waals surface area contributed by atoms with Crippen molar-refractivity contribution in [3.05, 3.63) is 72.1 Å². The molecule has 0 N–H and O–H groups in total. The van der Waals surface area contributed by atoms with Crippen LogP contribution in [0.5, 0.6) is 0 Å². The number of nitrogens with zero attached hydrogens (tertiary/aromatic N) is 3. The molecule has 0 aliphatic carbocycles. The molecule has 33 heavy (non-hydrogen) atoms. The lowest BCUT2D eigenvalue weighted by Crippen LogP contribution is -2.50. The molecule has 0 bridgehead atoms. The van der Waals surface area contributed by atoms with E-state index in [4.69, 9.17) is 9.47 Å². The Labute approximate surface area is 193 Å². The van der Waals surface area contributed by atoms with Gasteiger partial charge in [0.2, 0.25) is 5.91 Å². The first-order chi connectivity index (χ1) is 16.1. The summed E-state index contributed by atoms with van der Waals surface area (Å²) in [5, 5.41) is 0. The van der Waals surface area contributed by atoms with Crippen LogP contribution in [0.15, 0.2) is 55.0 Å². The van der Waals surface area contributed by atoms with Gasteiger partial charge in [0.25, 0.3) is 0 Å². The lowest BCUT2D eigenvalue weighted by molar-refractivity contribution is -0.148. The second-order valence-electron chi connectivity index (χ2n) is 9.23. The quantitative estimate of drug-likeness (QED) is 0.596. The zero-order chi connectivity index (χ0) is 22.7. The molecule has 6 nitrogen and oxygen atoms in total. The summed E-state index contributed by atoms with van der Waals surface area (Å²) in [7, 11) is 0. The van der Waals surface area contributed by atoms with Gasteiger partial charge in [0.15, 0.2) is 0 Å². The van der Waals surface area contributed by atoms with Gasteiger partial charge in [-0.3, -0.25) is 9.78 Å². The van der Waals surface area contributed by atoms with Crippen LogP contribution >= 0.6 is 0 Å². The summed E-state index contributed by atoms with van der Waals surface area (Å²) in [6.45, 7) is 3.32. The molecule has 2 aliphatic heterocycles. The number of carbonyl (C=O) groups excluding carboxylic acids is 1. The number of rotatable bonds is 5. The summed E-state index contributed by atoms with van der Waals surface area (Å²) >= 11 is 0. The van der Waals surface area contributed by atoms with Crippen molar-refractivity contribution in [2.45, 2.75) is 25.7 Å². The number of hydrogen-bond acceptors (Lipinski definition) is 4. The molecule has 1 atom stereocenters. The van der Waals surface area contributed by atoms with Crippen molar-refractivity contribution in [3.63, 3.8) is 0 Å². The van der Waals surface area contributed by atoms with Crippen molar-refractivity contribution < 1.29 is 18.7 Å². The summed E-state index contributed by atoms with van der Waals surface area (Å²) in [6, 6.07) is 10.9. The standard InChI is InChI=1S/C26H30FN3O3/c27-22-5-2-1-4-21(22)17-26(7-13-32-14-8-26)25(31)30-12-15-33-19-20(18-30)16-23-24-6-3-10-29(24)11-9-28-23/h1-6,9-11,20H,7-8,12-19H2. The number of amides is 1. The third-order valence-electron chi connectivity index (χ3n) is 7.03. The van der Waals surface area contributed by atoms with Crippen molar-refractivity contribution >= 4 is 11.4 Å². The van der Waals surface area contributed by atoms with Gasteiger partial charge < -0.3 is 18.8 Å². The molecule has 1 amide bonds. The number of halogens is 1. The Balaban J connectivity index is 1.37. The second-order valence-corrected chi connectivity index (χ2v) is 9.23. The van der Waals surface area contributed by atoms with E-state index >= 15 is 0 Å². The zero-order valence-corrected chi connectivity index (χ0v) is 18.8. The van der Waals surface area contributed by atoms with Crippen molar-refractivity contribution in [3.8, 4) is 0 Å². The van der Waals surface area contributed by atoms with Crippen LogP contribution in [-0.2, 0) is 27.1 Å². The van der Waals surface area contributed by atoms with Crippen LogP contribution in [0.2, 0.25) is 0 Å². The highest BCUT2D eigenvalue weighted by atomic mass is 19.1. The Hall–Kier alpha value is -2.77. The number of hydrogen-bond donors (Lipinski definition) is 0. The van der Waals surface area contributed by atoms with E-state index in [2.05, 4.69) is 15.5 Å². The number of ether oxygens (including phenoxy) is 2. The molecule has 5 rings (SSSR count). The van der Waals surface area contributed by atoms with Crippen LogP contribution in [0.1, 0.15) is 24.1 Å². The van der Waals surface area contributed by atoms with Gasteiger partial charge >= 0.3 is 0 Å². The topological polar surface area (TPSA) is 56.1 Å². The maximum absolute atomic E-state index is 14.5. The third kappa shape index (κ3) is 4.66. The molecule has 174 valence electrons. The fourth-order valence-corrected chi connectivity index (χ4v) is 5.22. The van der Waals surface area contributed by atoms with Crippen LogP contribution in [0.4, 0.5) is 4.39 Å². The molecule has 2 aliphatic rings. The minimum atomic E-state index is -0.644. The molecule has 4 heterocycles. The summed E-state index contributed by atoms with van der Waals surface area (Å²) < 4.78 is 28.1. The first kappa shape index (κ1) is 22.0. The third-order valence-corrected chi connectivity index (χ3v) is 7.03. The Morgan fingerprint density at radius 3 is 2.79 bits per heavy atom. The van der Waals surface area contributed by atoms with E-state index in [9.17, 15) is 9.18 Å². The predicted octanol–water partition coefficient (Wildman–Crippen LogP) is 3.53. The Kier molecular flexibility index (Phi) is 6.42. The van der Waals surface area contributed by atoms with Gasteiger partial charge in [0.05, 0.1) is 29.8 Å². The van der Waals surface area contributed by atoms with E-state index in [1.165, 1.54) is 6.07 Å². The summed E-state index contributed by atoms with van der Waals surface area (Å²) in [5.74, 6) is -0.00609. The van der Waals surface area contributed by atoms with E-state index in [1.54, 1.807) is 12.1 Å². The second kappa shape index (κ2) is 9.61. The molecule has 7 heteroatoms. The minimum absolute atomic E-state index is 0.0957. The Morgan fingerprint density at radius 1 is 1.09 bits per heavy atom. The van der Waals surface area contributed by atoms with Gasteiger partial charge in [0, 0.05) is 50.8 Å². The average molecular weight is 452 g/mol. The summed E-state index contributed by atoms with van der Waals surface area (Å²) in [4.78, 5) is 20.5. The molecule has 1 unspecified atom stereocenters. The van der Waals surface area contributed by atoms with E-state index in [1.807, 2.05) is 35.6 Å². The molecule has 2 aromatic heterocycles. The number of aromatic nitrogens is 2. The summed E-state index contributed by atoms with van der Waals surface area (Å²) in [6.07, 6.45) is 8.11. The van der Waals surface area contributed by atoms with Crippen LogP contribution < -0.4 is 0 Å². The molecule has 0 saturated carbocycles. The molecule has 0 spiro atoms. The molecule has 0 radical (unpaired) electrons. The van der Waals surface area contributed by atoms with Gasteiger partial charge in [-0.25, -0.2) is 4.39 Å². The molecule has 2 saturated heterocycles. The van der Waals surface area contributed by atoms with Crippen LogP contribution in [-0.4, -0.2) is 59.7 Å². The van der Waals surface area contributed by atoms with Gasteiger partial charge in [-0.2, -0.15) is 0 Å². The fraction of sp³-hybridized carbons (Fsp3) is 0.462. The fourth-order valence-electron chi connectivity index (χ4n) is 5.22. The van der Waals surface area contributed by atoms with Gasteiger partial charge in [-0.15, -0.1) is 0 Å². The zero-order valence-electron chi connectivity index (χ0n) is 18.8. The first-order valence-electron chi connectivity index (χ1n) is 11.7. The monoisotopic (exact) mass is 451 g/mol. The largest absolute Gasteiger partial charge is 0.381 e. The maximum Gasteiger partial charge on any atom is 0.229 e. The smallest absolute Gasteiger partial charge is 0.229 e. The lowest BCUT2D eigenvalue weighted by Gasteiger charge is -2.40. The Morgan fingerprint density at radius 2 is 1.94 bits per heavy atom. The van der Waals surface area contributed by atoms with Crippen LogP contribution in [0.3, 0.4) is 0 Å². The number of fused-ring (bicyclic) bond motifs is 1. The van der Waals surface area contributed by atoms with Gasteiger partial charge in [0.1, 0.15) is 5.82 Å². The average Bonchev–Trinajstić information content (AvgIpc) is 3.21. The van der Waals surface area contributed by atoms with Crippen molar-refractivity contribution in [1.82, 2.24) is 14.3 Å². The van der Waals surface area contributed by atoms with Crippen molar-refractivity contribution in [2.75, 3.05) is 39.5 Å².